The molecule has 2 aliphatic rings. The molecule has 6 nitrogen and oxygen atoms in total. The van der Waals surface area contributed by atoms with Gasteiger partial charge in [0.2, 0.25) is 0 Å². The van der Waals surface area contributed by atoms with Crippen molar-refractivity contribution >= 4 is 0 Å². The maximum atomic E-state index is 5.24. The molecule has 1 aromatic heterocycles. The number of benzene rings is 1. The Labute approximate surface area is 149 Å². The van der Waals surface area contributed by atoms with E-state index in [1.165, 1.54) is 29.8 Å². The lowest BCUT2D eigenvalue weighted by molar-refractivity contribution is 0.184. The molecule has 2 aromatic rings. The Bertz CT molecular complexity index is 706. The van der Waals surface area contributed by atoms with E-state index in [2.05, 4.69) is 49.2 Å². The van der Waals surface area contributed by atoms with Crippen LogP contribution >= 0.6 is 0 Å². The predicted octanol–water partition coefficient (Wildman–Crippen LogP) is 1.91. The second-order valence-corrected chi connectivity index (χ2v) is 7.11. The summed E-state index contributed by atoms with van der Waals surface area (Å²) in [5, 5.41) is 12.2. The summed E-state index contributed by atoms with van der Waals surface area (Å²) in [6.07, 6.45) is 2.34. The highest BCUT2D eigenvalue weighted by molar-refractivity contribution is 5.23. The lowest BCUT2D eigenvalue weighted by Gasteiger charge is -2.32. The summed E-state index contributed by atoms with van der Waals surface area (Å²) in [6.45, 7) is 6.83. The molecule has 3 heterocycles. The van der Waals surface area contributed by atoms with Gasteiger partial charge in [-0.3, -0.25) is 4.90 Å². The number of ether oxygens (including phenoxy) is 1. The quantitative estimate of drug-likeness (QED) is 0.900. The first-order valence-electron chi connectivity index (χ1n) is 9.25. The third-order valence-corrected chi connectivity index (χ3v) is 5.31. The van der Waals surface area contributed by atoms with Crippen molar-refractivity contribution in [3.8, 4) is 0 Å². The van der Waals surface area contributed by atoms with Crippen LogP contribution in [-0.4, -0.2) is 46.4 Å². The number of piperidine rings is 1. The normalized spacial score (nSPS) is 19.1. The zero-order chi connectivity index (χ0) is 17.1. The Hall–Kier alpha value is -1.76. The standard InChI is InChI=1S/C19H27N5O/c1-25-14-16-4-2-3-15(11-16)13-23-8-5-17(6-9-23)19-22-21-18-12-20-7-10-24(18)19/h2-4,11,17,20H,5-10,12-14H2,1H3. The highest BCUT2D eigenvalue weighted by Gasteiger charge is 2.26. The molecule has 0 radical (unpaired) electrons. The van der Waals surface area contributed by atoms with Gasteiger partial charge in [-0.25, -0.2) is 0 Å². The maximum Gasteiger partial charge on any atom is 0.147 e. The minimum absolute atomic E-state index is 0.551. The van der Waals surface area contributed by atoms with Crippen LogP contribution in [0.4, 0.5) is 0 Å². The summed E-state index contributed by atoms with van der Waals surface area (Å²) in [6, 6.07) is 8.74. The summed E-state index contributed by atoms with van der Waals surface area (Å²) in [5.74, 6) is 2.85. The maximum absolute atomic E-state index is 5.24. The van der Waals surface area contributed by atoms with Crippen LogP contribution in [0.5, 0.6) is 0 Å². The number of nitrogens with zero attached hydrogens (tertiary/aromatic N) is 4. The van der Waals surface area contributed by atoms with Gasteiger partial charge in [-0.15, -0.1) is 10.2 Å². The fourth-order valence-electron chi connectivity index (χ4n) is 4.01. The van der Waals surface area contributed by atoms with E-state index in [1.54, 1.807) is 7.11 Å². The van der Waals surface area contributed by atoms with Crippen molar-refractivity contribution in [3.05, 3.63) is 47.0 Å². The molecular formula is C19H27N5O. The molecule has 0 saturated carbocycles. The first-order valence-corrected chi connectivity index (χ1v) is 9.25. The van der Waals surface area contributed by atoms with Gasteiger partial charge < -0.3 is 14.6 Å². The molecule has 25 heavy (non-hydrogen) atoms. The van der Waals surface area contributed by atoms with Crippen LogP contribution in [0.1, 0.15) is 41.5 Å². The topological polar surface area (TPSA) is 55.2 Å². The second-order valence-electron chi connectivity index (χ2n) is 7.11. The summed E-state index contributed by atoms with van der Waals surface area (Å²) in [7, 11) is 1.75. The molecule has 0 amide bonds. The largest absolute Gasteiger partial charge is 0.380 e. The van der Waals surface area contributed by atoms with Gasteiger partial charge in [-0.2, -0.15) is 0 Å². The van der Waals surface area contributed by atoms with E-state index < -0.39 is 0 Å². The van der Waals surface area contributed by atoms with Crippen LogP contribution in [-0.2, 0) is 31.0 Å². The van der Waals surface area contributed by atoms with Gasteiger partial charge in [0, 0.05) is 32.7 Å². The van der Waals surface area contributed by atoms with Gasteiger partial charge in [-0.1, -0.05) is 24.3 Å². The van der Waals surface area contributed by atoms with E-state index in [0.29, 0.717) is 12.5 Å². The molecule has 0 atom stereocenters. The first-order chi connectivity index (χ1) is 12.3. The van der Waals surface area contributed by atoms with Crippen molar-refractivity contribution < 1.29 is 4.74 Å². The van der Waals surface area contributed by atoms with Crippen LogP contribution in [0.15, 0.2) is 24.3 Å². The Balaban J connectivity index is 1.35. The Kier molecular flexibility index (Phi) is 5.10. The van der Waals surface area contributed by atoms with Crippen molar-refractivity contribution in [3.63, 3.8) is 0 Å². The molecule has 0 unspecified atom stereocenters. The molecule has 6 heteroatoms. The van der Waals surface area contributed by atoms with Crippen molar-refractivity contribution in [1.82, 2.24) is 25.0 Å². The van der Waals surface area contributed by atoms with E-state index >= 15 is 0 Å². The Morgan fingerprint density at radius 1 is 1.16 bits per heavy atom. The number of likely N-dealkylation sites (tertiary alicyclic amines) is 1. The average Bonchev–Trinajstić information content (AvgIpc) is 3.07. The molecule has 1 N–H and O–H groups in total. The van der Waals surface area contributed by atoms with Crippen molar-refractivity contribution in [2.75, 3.05) is 26.7 Å². The summed E-state index contributed by atoms with van der Waals surface area (Å²) < 4.78 is 7.58. The highest BCUT2D eigenvalue weighted by Crippen LogP contribution is 2.28. The molecule has 134 valence electrons. The van der Waals surface area contributed by atoms with Crippen molar-refractivity contribution in [2.24, 2.45) is 0 Å². The summed E-state index contributed by atoms with van der Waals surface area (Å²) in [5.41, 5.74) is 2.62. The third-order valence-electron chi connectivity index (χ3n) is 5.31. The van der Waals surface area contributed by atoms with E-state index in [4.69, 9.17) is 4.74 Å². The monoisotopic (exact) mass is 341 g/mol. The molecule has 2 aliphatic heterocycles. The smallest absolute Gasteiger partial charge is 0.147 e. The first kappa shape index (κ1) is 16.7. The van der Waals surface area contributed by atoms with Crippen molar-refractivity contribution in [1.29, 1.82) is 0 Å². The molecule has 1 fully saturated rings. The average molecular weight is 341 g/mol. The van der Waals surface area contributed by atoms with Gasteiger partial charge in [-0.05, 0) is 37.1 Å². The van der Waals surface area contributed by atoms with E-state index in [-0.39, 0.29) is 0 Å². The van der Waals surface area contributed by atoms with Crippen LogP contribution in [0.2, 0.25) is 0 Å². The molecule has 0 spiro atoms. The van der Waals surface area contributed by atoms with Gasteiger partial charge in [0.25, 0.3) is 0 Å². The molecule has 1 saturated heterocycles. The lowest BCUT2D eigenvalue weighted by atomic mass is 9.95. The number of aromatic nitrogens is 3. The van der Waals surface area contributed by atoms with E-state index in [0.717, 1.165) is 45.1 Å². The number of hydrogen-bond acceptors (Lipinski definition) is 5. The van der Waals surface area contributed by atoms with Gasteiger partial charge in [0.1, 0.15) is 11.6 Å². The zero-order valence-electron chi connectivity index (χ0n) is 14.9. The van der Waals surface area contributed by atoms with E-state index in [9.17, 15) is 0 Å². The third kappa shape index (κ3) is 3.76. The zero-order valence-corrected chi connectivity index (χ0v) is 14.9. The predicted molar refractivity (Wildman–Crippen MR) is 96.1 cm³/mol. The van der Waals surface area contributed by atoms with Crippen LogP contribution < -0.4 is 5.32 Å². The van der Waals surface area contributed by atoms with Gasteiger partial charge >= 0.3 is 0 Å². The Morgan fingerprint density at radius 3 is 2.84 bits per heavy atom. The summed E-state index contributed by atoms with van der Waals surface area (Å²) in [4.78, 5) is 2.55. The van der Waals surface area contributed by atoms with Gasteiger partial charge in [0.15, 0.2) is 0 Å². The second kappa shape index (κ2) is 7.64. The molecular weight excluding hydrogens is 314 g/mol. The molecule has 4 rings (SSSR count). The minimum Gasteiger partial charge on any atom is -0.380 e. The SMILES string of the molecule is COCc1cccc(CN2CCC(c3nnc4n3CCNC4)CC2)c1. The number of fused-ring (bicyclic) bond motifs is 1. The van der Waals surface area contributed by atoms with Crippen molar-refractivity contribution in [2.45, 2.75) is 45.0 Å². The number of hydrogen-bond donors (Lipinski definition) is 1. The van der Waals surface area contributed by atoms with E-state index in [1.807, 2.05) is 0 Å². The van der Waals surface area contributed by atoms with Crippen LogP contribution in [0.3, 0.4) is 0 Å². The molecule has 0 bridgehead atoms. The van der Waals surface area contributed by atoms with Crippen LogP contribution in [0, 0.1) is 0 Å². The lowest BCUT2D eigenvalue weighted by Crippen LogP contribution is -2.34. The fourth-order valence-corrected chi connectivity index (χ4v) is 4.01. The number of rotatable bonds is 5. The number of nitrogens with one attached hydrogen (secondary N) is 1. The number of methoxy groups -OCH3 is 1. The van der Waals surface area contributed by atoms with Gasteiger partial charge in [0.05, 0.1) is 13.2 Å². The Morgan fingerprint density at radius 2 is 2.00 bits per heavy atom. The van der Waals surface area contributed by atoms with Crippen LogP contribution in [0.25, 0.3) is 0 Å². The minimum atomic E-state index is 0.551. The highest BCUT2D eigenvalue weighted by atomic mass is 16.5. The molecule has 1 aromatic carbocycles. The fraction of sp³-hybridized carbons (Fsp3) is 0.579. The summed E-state index contributed by atoms with van der Waals surface area (Å²) >= 11 is 0. The molecule has 0 aliphatic carbocycles.